The minimum absolute atomic E-state index is 0.0977. The van der Waals surface area contributed by atoms with E-state index in [1.807, 2.05) is 0 Å². The largest absolute Gasteiger partial charge is 0.469 e. The monoisotopic (exact) mass is 303 g/mol. The maximum atomic E-state index is 13.5. The normalized spacial score (nSPS) is 12.2. The van der Waals surface area contributed by atoms with E-state index < -0.39 is 11.5 Å². The molecule has 16 heavy (non-hydrogen) atoms. The van der Waals surface area contributed by atoms with Gasteiger partial charge in [0.05, 0.1) is 12.7 Å². The van der Waals surface area contributed by atoms with Gasteiger partial charge < -0.3 is 10.1 Å². The van der Waals surface area contributed by atoms with Crippen LogP contribution < -0.4 is 5.40 Å². The summed E-state index contributed by atoms with van der Waals surface area (Å²) in [5, 5.41) is 5.47. The lowest BCUT2D eigenvalue weighted by atomic mass is 10.1. The summed E-state index contributed by atoms with van der Waals surface area (Å²) >= 11 is 3.17. The number of halogens is 2. The molecular formula is C10H11BrFNO2Si. The summed E-state index contributed by atoms with van der Waals surface area (Å²) < 4.78 is 18.8. The predicted molar refractivity (Wildman–Crippen MR) is 63.5 cm³/mol. The third-order valence-electron chi connectivity index (χ3n) is 2.13. The number of carbonyl (C=O) groups is 1. The van der Waals surface area contributed by atoms with Crippen molar-refractivity contribution >= 4 is 31.6 Å². The van der Waals surface area contributed by atoms with Crippen LogP contribution in [0, 0.1) is 5.82 Å². The second-order valence-electron chi connectivity index (χ2n) is 3.18. The molecule has 86 valence electrons. The number of methoxy groups -OCH3 is 1. The minimum Gasteiger partial charge on any atom is -0.469 e. The minimum atomic E-state index is -0.472. The first kappa shape index (κ1) is 13.3. The van der Waals surface area contributed by atoms with Gasteiger partial charge in [-0.2, -0.15) is 0 Å². The van der Waals surface area contributed by atoms with Gasteiger partial charge in [-0.15, -0.1) is 0 Å². The van der Waals surface area contributed by atoms with E-state index in [-0.39, 0.29) is 21.9 Å². The van der Waals surface area contributed by atoms with Gasteiger partial charge in [0.2, 0.25) is 0 Å². The van der Waals surface area contributed by atoms with Crippen LogP contribution in [-0.4, -0.2) is 22.8 Å². The molecule has 0 saturated heterocycles. The van der Waals surface area contributed by atoms with Gasteiger partial charge in [-0.1, -0.05) is 22.0 Å². The van der Waals surface area contributed by atoms with Crippen LogP contribution in [0.4, 0.5) is 4.39 Å². The molecule has 0 saturated carbocycles. The topological polar surface area (TPSA) is 52.3 Å². The van der Waals surface area contributed by atoms with E-state index in [0.29, 0.717) is 10.0 Å². The van der Waals surface area contributed by atoms with E-state index in [4.69, 9.17) is 5.40 Å². The van der Waals surface area contributed by atoms with E-state index in [2.05, 4.69) is 20.7 Å². The summed E-state index contributed by atoms with van der Waals surface area (Å²) in [6.07, 6.45) is 0.265. The molecule has 1 rings (SSSR count). The van der Waals surface area contributed by atoms with Gasteiger partial charge >= 0.3 is 5.97 Å². The molecule has 0 unspecified atom stereocenters. The van der Waals surface area contributed by atoms with Crippen LogP contribution in [0.1, 0.15) is 5.56 Å². The van der Waals surface area contributed by atoms with Gasteiger partial charge in [-0.05, 0) is 24.1 Å². The van der Waals surface area contributed by atoms with Crippen LogP contribution in [0.3, 0.4) is 0 Å². The molecule has 1 atom stereocenters. The van der Waals surface area contributed by atoms with Gasteiger partial charge in [0, 0.05) is 4.47 Å². The number of ether oxygens (including phenoxy) is 1. The van der Waals surface area contributed by atoms with Crippen LogP contribution in [0.5, 0.6) is 0 Å². The zero-order valence-electron chi connectivity index (χ0n) is 8.67. The van der Waals surface area contributed by atoms with Crippen LogP contribution in [0.15, 0.2) is 22.7 Å². The van der Waals surface area contributed by atoms with E-state index >= 15 is 0 Å². The number of carbonyl (C=O) groups excluding carboxylic acids is 1. The second kappa shape index (κ2) is 6.12. The van der Waals surface area contributed by atoms with Gasteiger partial charge in [-0.3, -0.25) is 4.79 Å². The molecular weight excluding hydrogens is 293 g/mol. The predicted octanol–water partition coefficient (Wildman–Crippen LogP) is 1.67. The first-order valence-electron chi connectivity index (χ1n) is 4.56. The van der Waals surface area contributed by atoms with Crippen molar-refractivity contribution in [2.45, 2.75) is 12.0 Å². The van der Waals surface area contributed by atoms with E-state index in [1.54, 1.807) is 12.1 Å². The Hall–Kier alpha value is -0.723. The Morgan fingerprint density at radius 1 is 1.69 bits per heavy atom. The van der Waals surface area contributed by atoms with Crippen molar-refractivity contribution in [2.24, 2.45) is 5.40 Å². The first-order valence-corrected chi connectivity index (χ1v) is 6.51. The Balaban J connectivity index is 2.82. The average Bonchev–Trinajstić information content (AvgIpc) is 2.27. The molecule has 2 N–H and O–H groups in total. The lowest BCUT2D eigenvalue weighted by Crippen LogP contribution is -2.25. The number of rotatable bonds is 4. The maximum absolute atomic E-state index is 13.5. The number of hydrogen-bond acceptors (Lipinski definition) is 3. The highest BCUT2D eigenvalue weighted by Gasteiger charge is 2.20. The Labute approximate surface area is 104 Å². The van der Waals surface area contributed by atoms with Crippen LogP contribution in [-0.2, 0) is 16.0 Å². The van der Waals surface area contributed by atoms with Gasteiger partial charge in [0.15, 0.2) is 9.68 Å². The first-order chi connectivity index (χ1) is 7.58. The van der Waals surface area contributed by atoms with Gasteiger partial charge in [0.1, 0.15) is 5.82 Å². The molecule has 0 aliphatic rings. The van der Waals surface area contributed by atoms with Crippen LogP contribution in [0.25, 0.3) is 0 Å². The highest BCUT2D eigenvalue weighted by atomic mass is 79.9. The van der Waals surface area contributed by atoms with Crippen molar-refractivity contribution < 1.29 is 13.9 Å². The molecule has 0 amide bonds. The summed E-state index contributed by atoms with van der Waals surface area (Å²) in [4.78, 5) is 11.3. The quantitative estimate of drug-likeness (QED) is 0.680. The van der Waals surface area contributed by atoms with E-state index in [1.165, 1.54) is 13.2 Å². The fourth-order valence-electron chi connectivity index (χ4n) is 1.26. The highest BCUT2D eigenvalue weighted by Crippen LogP contribution is 2.20. The Kier molecular flexibility index (Phi) is 5.10. The Bertz CT molecular complexity index is 389. The summed E-state index contributed by atoms with van der Waals surface area (Å²) in [7, 11) is 1.20. The molecule has 6 heteroatoms. The summed E-state index contributed by atoms with van der Waals surface area (Å²) in [6, 6.07) is 4.73. The van der Waals surface area contributed by atoms with Gasteiger partial charge in [0.25, 0.3) is 0 Å². The molecule has 0 aliphatic carbocycles. The Morgan fingerprint density at radius 3 is 2.88 bits per heavy atom. The molecule has 0 fully saturated rings. The summed E-state index contributed by atoms with van der Waals surface area (Å²) in [5.41, 5.74) is -0.00257. The van der Waals surface area contributed by atoms with Crippen molar-refractivity contribution in [3.63, 3.8) is 0 Å². The summed E-state index contributed by atoms with van der Waals surface area (Å²) in [5.74, 6) is -0.746. The average molecular weight is 304 g/mol. The lowest BCUT2D eigenvalue weighted by Gasteiger charge is -2.11. The number of benzene rings is 1. The van der Waals surface area contributed by atoms with Crippen molar-refractivity contribution in [3.05, 3.63) is 34.1 Å². The standard InChI is InChI=1S/C10H11BrFNO2Si/c1-15-10(14)9(16-13)4-6-2-3-7(11)5-8(6)12/h2-3,5,9H,4,13H2,1H3/t9-/m0/s1. The fraction of sp³-hybridized carbons (Fsp3) is 0.300. The zero-order chi connectivity index (χ0) is 12.1. The fourth-order valence-corrected chi connectivity index (χ4v) is 2.18. The van der Waals surface area contributed by atoms with Crippen molar-refractivity contribution in [1.29, 1.82) is 0 Å². The van der Waals surface area contributed by atoms with E-state index in [9.17, 15) is 9.18 Å². The molecule has 1 aromatic carbocycles. The number of nitrogens with two attached hydrogens (primary N) is 1. The molecule has 0 spiro atoms. The molecule has 1 aromatic rings. The van der Waals surface area contributed by atoms with Crippen molar-refractivity contribution in [3.8, 4) is 0 Å². The third-order valence-corrected chi connectivity index (χ3v) is 3.46. The third kappa shape index (κ3) is 3.40. The molecule has 2 radical (unpaired) electrons. The Morgan fingerprint density at radius 2 is 2.38 bits per heavy atom. The SMILES string of the molecule is COC(=O)[C@H](Cc1ccc(Br)cc1F)[Si]N. The molecule has 0 bridgehead atoms. The number of esters is 1. The zero-order valence-corrected chi connectivity index (χ0v) is 11.3. The molecule has 0 aromatic heterocycles. The number of hydrogen-bond donors (Lipinski definition) is 1. The van der Waals surface area contributed by atoms with Crippen molar-refractivity contribution in [1.82, 2.24) is 0 Å². The highest BCUT2D eigenvalue weighted by molar-refractivity contribution is 9.10. The van der Waals surface area contributed by atoms with Crippen molar-refractivity contribution in [2.75, 3.05) is 7.11 Å². The van der Waals surface area contributed by atoms with Crippen LogP contribution >= 0.6 is 15.9 Å². The molecule has 0 heterocycles. The smallest absolute Gasteiger partial charge is 0.307 e. The maximum Gasteiger partial charge on any atom is 0.307 e. The van der Waals surface area contributed by atoms with E-state index in [0.717, 1.165) is 0 Å². The lowest BCUT2D eigenvalue weighted by molar-refractivity contribution is -0.140. The molecule has 3 nitrogen and oxygen atoms in total. The van der Waals surface area contributed by atoms with Crippen LogP contribution in [0.2, 0.25) is 5.54 Å². The second-order valence-corrected chi connectivity index (χ2v) is 5.13. The molecule has 0 aliphatic heterocycles. The summed E-state index contributed by atoms with van der Waals surface area (Å²) in [6.45, 7) is 0. The van der Waals surface area contributed by atoms with Gasteiger partial charge in [-0.25, -0.2) is 4.39 Å².